The molecule has 1 amide bonds. The summed E-state index contributed by atoms with van der Waals surface area (Å²) in [4.78, 5) is 25.3. The smallest absolute Gasteiger partial charge is 0.338 e. The first-order valence-electron chi connectivity index (χ1n) is 11.4. The number of methoxy groups -OCH3 is 1. The molecule has 186 valence electrons. The zero-order chi connectivity index (χ0) is 24.9. The topological polar surface area (TPSA) is 120 Å². The summed E-state index contributed by atoms with van der Waals surface area (Å²) in [6.45, 7) is 6.14. The number of hydrogen-bond acceptors (Lipinski definition) is 7. The lowest BCUT2D eigenvalue weighted by Gasteiger charge is -2.21. The van der Waals surface area contributed by atoms with E-state index in [1.54, 1.807) is 16.9 Å². The van der Waals surface area contributed by atoms with Crippen molar-refractivity contribution in [2.24, 2.45) is 0 Å². The van der Waals surface area contributed by atoms with E-state index in [2.05, 4.69) is 10.4 Å². The summed E-state index contributed by atoms with van der Waals surface area (Å²) in [5.74, 6) is -0.705. The minimum Gasteiger partial charge on any atom is -0.495 e. The van der Waals surface area contributed by atoms with Gasteiger partial charge in [0.15, 0.2) is 6.10 Å². The number of rotatable bonds is 8. The standard InChI is InChI=1S/C23H32N4O6S/c1-16(2)27-21(11-12-24-27)25-22(28)17(3)33-23(29)18-9-10-19(32-4)20(15-18)34(30,31)26-13-7-5-6-8-14-26/h9-12,15-17H,5-8,13-14H2,1-4H3,(H,25,28)/t17-/m0/s1. The Hall–Kier alpha value is -2.92. The molecule has 3 rings (SSSR count). The third kappa shape index (κ3) is 5.76. The lowest BCUT2D eigenvalue weighted by atomic mass is 10.2. The predicted molar refractivity (Wildman–Crippen MR) is 126 cm³/mol. The van der Waals surface area contributed by atoms with Crippen LogP contribution in [-0.2, 0) is 19.6 Å². The average Bonchev–Trinajstić information content (AvgIpc) is 3.09. The van der Waals surface area contributed by atoms with Crippen molar-refractivity contribution in [1.29, 1.82) is 0 Å². The SMILES string of the molecule is COc1ccc(C(=O)O[C@@H](C)C(=O)Nc2ccnn2C(C)C)cc1S(=O)(=O)N1CCCCCC1. The molecule has 1 aromatic carbocycles. The zero-order valence-electron chi connectivity index (χ0n) is 20.0. The van der Waals surface area contributed by atoms with Crippen LogP contribution in [0.3, 0.4) is 0 Å². The summed E-state index contributed by atoms with van der Waals surface area (Å²) in [7, 11) is -2.49. The molecule has 1 N–H and O–H groups in total. The van der Waals surface area contributed by atoms with Gasteiger partial charge in [0.25, 0.3) is 5.91 Å². The van der Waals surface area contributed by atoms with Crippen molar-refractivity contribution in [2.45, 2.75) is 63.5 Å². The van der Waals surface area contributed by atoms with Crippen molar-refractivity contribution in [3.8, 4) is 5.75 Å². The van der Waals surface area contributed by atoms with E-state index in [0.717, 1.165) is 25.7 Å². The van der Waals surface area contributed by atoms with E-state index in [0.29, 0.717) is 18.9 Å². The first-order valence-corrected chi connectivity index (χ1v) is 12.8. The van der Waals surface area contributed by atoms with Crippen molar-refractivity contribution in [1.82, 2.24) is 14.1 Å². The average molecular weight is 493 g/mol. The van der Waals surface area contributed by atoms with Crippen LogP contribution in [-0.4, -0.2) is 60.7 Å². The van der Waals surface area contributed by atoms with E-state index in [4.69, 9.17) is 9.47 Å². The summed E-state index contributed by atoms with van der Waals surface area (Å²) in [5.41, 5.74) is 0.0149. The number of aromatic nitrogens is 2. The fourth-order valence-corrected chi connectivity index (χ4v) is 5.46. The van der Waals surface area contributed by atoms with Gasteiger partial charge in [-0.25, -0.2) is 17.9 Å². The van der Waals surface area contributed by atoms with Gasteiger partial charge in [-0.2, -0.15) is 9.40 Å². The van der Waals surface area contributed by atoms with Crippen LogP contribution < -0.4 is 10.1 Å². The highest BCUT2D eigenvalue weighted by Gasteiger charge is 2.30. The number of amides is 1. The summed E-state index contributed by atoms with van der Waals surface area (Å²) in [5, 5.41) is 6.84. The van der Waals surface area contributed by atoms with Gasteiger partial charge in [-0.15, -0.1) is 0 Å². The summed E-state index contributed by atoms with van der Waals surface area (Å²) >= 11 is 0. The third-order valence-corrected chi connectivity index (χ3v) is 7.57. The number of hydrogen-bond donors (Lipinski definition) is 1. The Balaban J connectivity index is 1.77. The third-order valence-electron chi connectivity index (χ3n) is 5.65. The molecule has 2 heterocycles. The maximum atomic E-state index is 13.3. The number of nitrogens with zero attached hydrogens (tertiary/aromatic N) is 3. The highest BCUT2D eigenvalue weighted by Crippen LogP contribution is 2.30. The molecule has 0 aliphatic carbocycles. The van der Waals surface area contributed by atoms with Gasteiger partial charge in [0, 0.05) is 25.2 Å². The molecule has 0 saturated carbocycles. The molecular formula is C23H32N4O6S. The highest BCUT2D eigenvalue weighted by atomic mass is 32.2. The number of ether oxygens (including phenoxy) is 2. The lowest BCUT2D eigenvalue weighted by Crippen LogP contribution is -2.32. The van der Waals surface area contributed by atoms with E-state index < -0.39 is 28.0 Å². The Kier molecular flexibility index (Phi) is 8.32. The maximum Gasteiger partial charge on any atom is 0.338 e. The Morgan fingerprint density at radius 2 is 1.74 bits per heavy atom. The van der Waals surface area contributed by atoms with Crippen LogP contribution in [0.25, 0.3) is 0 Å². The molecule has 10 nitrogen and oxygen atoms in total. The molecule has 0 radical (unpaired) electrons. The fraction of sp³-hybridized carbons (Fsp3) is 0.522. The van der Waals surface area contributed by atoms with Crippen LogP contribution >= 0.6 is 0 Å². The first kappa shape index (κ1) is 25.7. The van der Waals surface area contributed by atoms with Crippen LogP contribution in [0.2, 0.25) is 0 Å². The second-order valence-corrected chi connectivity index (χ2v) is 10.4. The molecule has 1 saturated heterocycles. The van der Waals surface area contributed by atoms with Gasteiger partial charge in [0.2, 0.25) is 10.0 Å². The largest absolute Gasteiger partial charge is 0.495 e. The minimum absolute atomic E-state index is 0.0149. The van der Waals surface area contributed by atoms with Crippen LogP contribution in [0.5, 0.6) is 5.75 Å². The summed E-state index contributed by atoms with van der Waals surface area (Å²) in [6, 6.07) is 5.77. The van der Waals surface area contributed by atoms with Crippen LogP contribution in [0.15, 0.2) is 35.4 Å². The summed E-state index contributed by atoms with van der Waals surface area (Å²) in [6.07, 6.45) is 3.98. The van der Waals surface area contributed by atoms with Crippen molar-refractivity contribution >= 4 is 27.7 Å². The number of esters is 1. The molecule has 0 spiro atoms. The summed E-state index contributed by atoms with van der Waals surface area (Å²) < 4.78 is 40.3. The minimum atomic E-state index is -3.86. The van der Waals surface area contributed by atoms with Crippen LogP contribution in [0, 0.1) is 0 Å². The number of nitrogens with one attached hydrogen (secondary N) is 1. The molecule has 1 aliphatic rings. The lowest BCUT2D eigenvalue weighted by molar-refractivity contribution is -0.123. The highest BCUT2D eigenvalue weighted by molar-refractivity contribution is 7.89. The Morgan fingerprint density at radius 1 is 1.06 bits per heavy atom. The first-order chi connectivity index (χ1) is 16.1. The van der Waals surface area contributed by atoms with E-state index in [1.807, 2.05) is 13.8 Å². The molecule has 2 aromatic rings. The van der Waals surface area contributed by atoms with Crippen molar-refractivity contribution in [2.75, 3.05) is 25.5 Å². The second-order valence-electron chi connectivity index (χ2n) is 8.48. The van der Waals surface area contributed by atoms with Gasteiger partial charge in [-0.05, 0) is 51.8 Å². The van der Waals surface area contributed by atoms with E-state index >= 15 is 0 Å². The van der Waals surface area contributed by atoms with Crippen LogP contribution in [0.1, 0.15) is 62.9 Å². The number of sulfonamides is 1. The van der Waals surface area contributed by atoms with Gasteiger partial charge in [0.05, 0.1) is 18.9 Å². The van der Waals surface area contributed by atoms with Gasteiger partial charge < -0.3 is 14.8 Å². The molecule has 1 aliphatic heterocycles. The number of carbonyl (C=O) groups is 2. The van der Waals surface area contributed by atoms with E-state index in [1.165, 1.54) is 36.5 Å². The van der Waals surface area contributed by atoms with Gasteiger partial charge in [-0.1, -0.05) is 12.8 Å². The van der Waals surface area contributed by atoms with Gasteiger partial charge in [-0.3, -0.25) is 4.79 Å². The Labute approximate surface area is 200 Å². The number of anilines is 1. The molecule has 1 fully saturated rings. The van der Waals surface area contributed by atoms with E-state index in [9.17, 15) is 18.0 Å². The molecule has 1 aromatic heterocycles. The monoisotopic (exact) mass is 492 g/mol. The molecule has 0 bridgehead atoms. The predicted octanol–water partition coefficient (Wildman–Crippen LogP) is 3.22. The van der Waals surface area contributed by atoms with Crippen molar-refractivity contribution in [3.05, 3.63) is 36.0 Å². The molecule has 0 unspecified atom stereocenters. The number of carbonyl (C=O) groups excluding carboxylic acids is 2. The van der Waals surface area contributed by atoms with Crippen LogP contribution in [0.4, 0.5) is 5.82 Å². The number of benzene rings is 1. The van der Waals surface area contributed by atoms with Gasteiger partial charge in [0.1, 0.15) is 16.5 Å². The van der Waals surface area contributed by atoms with Crippen molar-refractivity contribution < 1.29 is 27.5 Å². The second kappa shape index (κ2) is 11.0. The molecule has 11 heteroatoms. The van der Waals surface area contributed by atoms with E-state index in [-0.39, 0.29) is 22.3 Å². The maximum absolute atomic E-state index is 13.3. The van der Waals surface area contributed by atoms with Gasteiger partial charge >= 0.3 is 5.97 Å². The normalized spacial score (nSPS) is 16.0. The molecule has 34 heavy (non-hydrogen) atoms. The Bertz CT molecular complexity index is 1120. The molecular weight excluding hydrogens is 460 g/mol. The van der Waals surface area contributed by atoms with Crippen molar-refractivity contribution in [3.63, 3.8) is 0 Å². The molecule has 1 atom stereocenters. The zero-order valence-corrected chi connectivity index (χ0v) is 20.8. The quantitative estimate of drug-likeness (QED) is 0.562. The fourth-order valence-electron chi connectivity index (χ4n) is 3.76. The Morgan fingerprint density at radius 3 is 2.35 bits per heavy atom.